The van der Waals surface area contributed by atoms with Gasteiger partial charge in [-0.3, -0.25) is 14.9 Å². The Bertz CT molecular complexity index is 348. The Hall–Kier alpha value is -1.64. The maximum atomic E-state index is 11.1. The zero-order valence-corrected chi connectivity index (χ0v) is 8.33. The van der Waals surface area contributed by atoms with Crippen LogP contribution in [0.5, 0.6) is 0 Å². The third-order valence-corrected chi connectivity index (χ3v) is 1.90. The number of carbonyl (C=O) groups is 2. The summed E-state index contributed by atoms with van der Waals surface area (Å²) in [5.41, 5.74) is 1.08. The van der Waals surface area contributed by atoms with Gasteiger partial charge in [0.1, 0.15) is 0 Å². The summed E-state index contributed by atoms with van der Waals surface area (Å²) in [7, 11) is 0. The van der Waals surface area contributed by atoms with Crippen molar-refractivity contribution in [2.75, 3.05) is 0 Å². The number of amides is 2. The van der Waals surface area contributed by atoms with Gasteiger partial charge in [0.15, 0.2) is 0 Å². The molecule has 2 amide bonds. The lowest BCUT2D eigenvalue weighted by atomic mass is 10.1. The second-order valence-corrected chi connectivity index (χ2v) is 2.67. The van der Waals surface area contributed by atoms with E-state index in [2.05, 4.69) is 5.32 Å². The van der Waals surface area contributed by atoms with Crippen molar-refractivity contribution >= 4 is 11.8 Å². The van der Waals surface area contributed by atoms with E-state index in [1.165, 1.54) is 0 Å². The number of nitrogens with one attached hydrogen (secondary N) is 1. The van der Waals surface area contributed by atoms with Gasteiger partial charge in [0, 0.05) is 11.1 Å². The van der Waals surface area contributed by atoms with Crippen LogP contribution in [0, 0.1) is 0 Å². The highest BCUT2D eigenvalue weighted by Crippen LogP contribution is 2.19. The Morgan fingerprint density at radius 3 is 2.57 bits per heavy atom. The molecule has 0 fully saturated rings. The molecule has 1 aliphatic heterocycles. The van der Waals surface area contributed by atoms with Crippen LogP contribution in [0.1, 0.15) is 20.3 Å². The second-order valence-electron chi connectivity index (χ2n) is 2.67. The number of hydrogen-bond acceptors (Lipinski definition) is 2. The number of rotatable bonds is 0. The molecule has 74 valence electrons. The van der Waals surface area contributed by atoms with E-state index in [4.69, 9.17) is 0 Å². The minimum Gasteiger partial charge on any atom is -0.288 e. The van der Waals surface area contributed by atoms with Gasteiger partial charge in [-0.2, -0.15) is 0 Å². The topological polar surface area (TPSA) is 46.2 Å². The van der Waals surface area contributed by atoms with Crippen LogP contribution in [0.2, 0.25) is 0 Å². The average Bonchev–Trinajstić information content (AvgIpc) is 2.44. The highest BCUT2D eigenvalue weighted by Gasteiger charge is 2.27. The lowest BCUT2D eigenvalue weighted by molar-refractivity contribution is -0.124. The molecule has 1 aliphatic carbocycles. The van der Waals surface area contributed by atoms with Gasteiger partial charge in [0.2, 0.25) is 0 Å². The molecule has 0 aromatic carbocycles. The van der Waals surface area contributed by atoms with Crippen molar-refractivity contribution in [1.29, 1.82) is 0 Å². The van der Waals surface area contributed by atoms with Crippen molar-refractivity contribution in [3.05, 3.63) is 35.5 Å². The van der Waals surface area contributed by atoms with Gasteiger partial charge in [0.05, 0.1) is 0 Å². The summed E-state index contributed by atoms with van der Waals surface area (Å²) in [6, 6.07) is 0. The fraction of sp³-hybridized carbons (Fsp3) is 0.273. The maximum absolute atomic E-state index is 11.1. The van der Waals surface area contributed by atoms with E-state index in [0.717, 1.165) is 0 Å². The minimum absolute atomic E-state index is 0.258. The van der Waals surface area contributed by atoms with Crippen LogP contribution >= 0.6 is 0 Å². The van der Waals surface area contributed by atoms with E-state index < -0.39 is 0 Å². The molecular formula is C11H13NO2. The van der Waals surface area contributed by atoms with Gasteiger partial charge in [-0.15, -0.1) is 0 Å². The molecule has 0 aromatic rings. The van der Waals surface area contributed by atoms with E-state index in [9.17, 15) is 9.59 Å². The normalized spacial score (nSPS) is 18.4. The number of allylic oxidation sites excluding steroid dienone is 3. The van der Waals surface area contributed by atoms with Gasteiger partial charge in [-0.25, -0.2) is 0 Å². The molecule has 0 saturated carbocycles. The third-order valence-electron chi connectivity index (χ3n) is 1.90. The summed E-state index contributed by atoms with van der Waals surface area (Å²) < 4.78 is 0. The minimum atomic E-state index is -0.282. The summed E-state index contributed by atoms with van der Waals surface area (Å²) >= 11 is 0. The Morgan fingerprint density at radius 1 is 1.14 bits per heavy atom. The summed E-state index contributed by atoms with van der Waals surface area (Å²) in [4.78, 5) is 22.2. The summed E-state index contributed by atoms with van der Waals surface area (Å²) in [6.07, 6.45) is 7.66. The van der Waals surface area contributed by atoms with E-state index in [1.807, 2.05) is 26.0 Å². The second kappa shape index (κ2) is 4.56. The monoisotopic (exact) mass is 191 g/mol. The molecule has 14 heavy (non-hydrogen) atoms. The zero-order chi connectivity index (χ0) is 10.6. The highest BCUT2D eigenvalue weighted by atomic mass is 16.2. The maximum Gasteiger partial charge on any atom is 0.258 e. The standard InChI is InChI=1S/C9H7NO2.C2H6/c11-8-6-4-2-1-3-5-7(6)9(12)10-8;1-2/h1-4H,5H2,(H,10,11,12);1-2H3. The molecule has 0 bridgehead atoms. The smallest absolute Gasteiger partial charge is 0.258 e. The van der Waals surface area contributed by atoms with Gasteiger partial charge < -0.3 is 0 Å². The van der Waals surface area contributed by atoms with Crippen molar-refractivity contribution in [3.63, 3.8) is 0 Å². The molecule has 2 aliphatic rings. The van der Waals surface area contributed by atoms with Crippen LogP contribution in [-0.2, 0) is 9.59 Å². The molecule has 2 rings (SSSR count). The van der Waals surface area contributed by atoms with Gasteiger partial charge in [-0.05, 0) is 12.5 Å². The molecule has 1 N–H and O–H groups in total. The molecule has 0 radical (unpaired) electrons. The number of hydrogen-bond donors (Lipinski definition) is 1. The average molecular weight is 191 g/mol. The van der Waals surface area contributed by atoms with E-state index in [0.29, 0.717) is 17.6 Å². The molecular weight excluding hydrogens is 178 g/mol. The van der Waals surface area contributed by atoms with Crippen LogP contribution in [0.25, 0.3) is 0 Å². The quantitative estimate of drug-likeness (QED) is 0.589. The molecule has 0 spiro atoms. The van der Waals surface area contributed by atoms with Crippen molar-refractivity contribution in [2.45, 2.75) is 20.3 Å². The first-order valence-corrected chi connectivity index (χ1v) is 4.71. The largest absolute Gasteiger partial charge is 0.288 e. The summed E-state index contributed by atoms with van der Waals surface area (Å²) in [6.45, 7) is 4.00. The Kier molecular flexibility index (Phi) is 3.40. The molecule has 0 unspecified atom stereocenters. The van der Waals surface area contributed by atoms with Gasteiger partial charge in [-0.1, -0.05) is 32.1 Å². The van der Waals surface area contributed by atoms with Crippen LogP contribution in [-0.4, -0.2) is 11.8 Å². The molecule has 3 heteroatoms. The fourth-order valence-electron chi connectivity index (χ4n) is 1.30. The molecule has 1 heterocycles. The molecule has 0 saturated heterocycles. The first-order chi connectivity index (χ1) is 6.79. The van der Waals surface area contributed by atoms with Crippen molar-refractivity contribution in [1.82, 2.24) is 5.32 Å². The van der Waals surface area contributed by atoms with Gasteiger partial charge in [0.25, 0.3) is 11.8 Å². The number of imide groups is 1. The van der Waals surface area contributed by atoms with Gasteiger partial charge >= 0.3 is 0 Å². The van der Waals surface area contributed by atoms with E-state index in [-0.39, 0.29) is 11.8 Å². The SMILES string of the molecule is CC.O=C1NC(=O)C2=C1C=CC=CC2. The summed E-state index contributed by atoms with van der Waals surface area (Å²) in [5.74, 6) is -0.541. The van der Waals surface area contributed by atoms with Crippen LogP contribution in [0.15, 0.2) is 35.5 Å². The molecule has 0 atom stereocenters. The predicted molar refractivity (Wildman–Crippen MR) is 54.4 cm³/mol. The molecule has 3 nitrogen and oxygen atoms in total. The number of carbonyl (C=O) groups excluding carboxylic acids is 2. The van der Waals surface area contributed by atoms with Crippen molar-refractivity contribution in [3.8, 4) is 0 Å². The van der Waals surface area contributed by atoms with Crippen molar-refractivity contribution in [2.24, 2.45) is 0 Å². The Labute approximate surface area is 83.2 Å². The lowest BCUT2D eigenvalue weighted by Crippen LogP contribution is -2.23. The van der Waals surface area contributed by atoms with Crippen LogP contribution in [0.4, 0.5) is 0 Å². The van der Waals surface area contributed by atoms with Crippen LogP contribution in [0.3, 0.4) is 0 Å². The summed E-state index contributed by atoms with van der Waals surface area (Å²) in [5, 5.41) is 2.25. The van der Waals surface area contributed by atoms with E-state index in [1.54, 1.807) is 12.2 Å². The van der Waals surface area contributed by atoms with Crippen molar-refractivity contribution < 1.29 is 9.59 Å². The zero-order valence-electron chi connectivity index (χ0n) is 8.33. The molecule has 0 aromatic heterocycles. The highest BCUT2D eigenvalue weighted by molar-refractivity contribution is 6.20. The fourth-order valence-corrected chi connectivity index (χ4v) is 1.30. The lowest BCUT2D eigenvalue weighted by Gasteiger charge is -1.91. The first kappa shape index (κ1) is 10.4. The van der Waals surface area contributed by atoms with E-state index >= 15 is 0 Å². The first-order valence-electron chi connectivity index (χ1n) is 4.71. The third kappa shape index (κ3) is 1.82. The van der Waals surface area contributed by atoms with Crippen LogP contribution < -0.4 is 5.32 Å². The predicted octanol–water partition coefficient (Wildman–Crippen LogP) is 1.48. The Balaban J connectivity index is 0.000000461. The Morgan fingerprint density at radius 2 is 1.86 bits per heavy atom.